The maximum absolute atomic E-state index is 12.6. The predicted molar refractivity (Wildman–Crippen MR) is 102 cm³/mol. The highest BCUT2D eigenvalue weighted by atomic mass is 16.6. The number of nitro benzene ring substituents is 1. The minimum atomic E-state index is -0.549. The summed E-state index contributed by atoms with van der Waals surface area (Å²) >= 11 is 0. The lowest BCUT2D eigenvalue weighted by molar-refractivity contribution is -0.384. The smallest absolute Gasteiger partial charge is 0.338 e. The molecule has 0 spiro atoms. The Morgan fingerprint density at radius 2 is 1.81 bits per heavy atom. The summed E-state index contributed by atoms with van der Waals surface area (Å²) in [4.78, 5) is 36.6. The molecule has 0 saturated carbocycles. The van der Waals surface area contributed by atoms with E-state index < -0.39 is 16.8 Å². The number of esters is 1. The van der Waals surface area contributed by atoms with Gasteiger partial charge in [0, 0.05) is 37.6 Å². The van der Waals surface area contributed by atoms with Gasteiger partial charge in [0.25, 0.3) is 11.6 Å². The van der Waals surface area contributed by atoms with Crippen LogP contribution in [0.4, 0.5) is 17.1 Å². The summed E-state index contributed by atoms with van der Waals surface area (Å²) in [5.41, 5.74) is 1.41. The summed E-state index contributed by atoms with van der Waals surface area (Å²) in [6.07, 6.45) is 0.733. The third-order valence-electron chi connectivity index (χ3n) is 3.73. The Morgan fingerprint density at radius 1 is 1.15 bits per heavy atom. The molecule has 0 atom stereocenters. The molecule has 1 amide bonds. The third kappa shape index (κ3) is 5.04. The molecule has 0 aliphatic heterocycles. The SMILES string of the molecule is CCCOC(=O)c1ccc(NC(=O)c2cc([N+](=O)[O-])ccc2N(C)C)cc1. The maximum atomic E-state index is 12.6. The molecule has 0 heterocycles. The van der Waals surface area contributed by atoms with Gasteiger partial charge in [0.15, 0.2) is 0 Å². The van der Waals surface area contributed by atoms with Crippen LogP contribution >= 0.6 is 0 Å². The van der Waals surface area contributed by atoms with E-state index in [0.717, 1.165) is 6.42 Å². The second-order valence-electron chi connectivity index (χ2n) is 6.02. The normalized spacial score (nSPS) is 10.2. The molecule has 142 valence electrons. The number of non-ortho nitro benzene ring substituents is 1. The average molecular weight is 371 g/mol. The molecule has 2 aromatic rings. The minimum Gasteiger partial charge on any atom is -0.462 e. The van der Waals surface area contributed by atoms with Crippen molar-refractivity contribution in [3.63, 3.8) is 0 Å². The number of nitrogens with one attached hydrogen (secondary N) is 1. The van der Waals surface area contributed by atoms with E-state index in [2.05, 4.69) is 5.32 Å². The molecule has 0 aromatic heterocycles. The Hall–Kier alpha value is -3.42. The molecule has 0 radical (unpaired) electrons. The molecular weight excluding hydrogens is 350 g/mol. The van der Waals surface area contributed by atoms with Crippen molar-refractivity contribution < 1.29 is 19.2 Å². The molecule has 0 bridgehead atoms. The lowest BCUT2D eigenvalue weighted by atomic mass is 10.1. The van der Waals surface area contributed by atoms with Gasteiger partial charge in [-0.15, -0.1) is 0 Å². The molecular formula is C19H21N3O5. The topological polar surface area (TPSA) is 102 Å². The summed E-state index contributed by atoms with van der Waals surface area (Å²) in [5.74, 6) is -0.910. The number of amides is 1. The first-order valence-electron chi connectivity index (χ1n) is 8.37. The molecule has 0 aliphatic rings. The average Bonchev–Trinajstić information content (AvgIpc) is 2.65. The Morgan fingerprint density at radius 3 is 2.37 bits per heavy atom. The fraction of sp³-hybridized carbons (Fsp3) is 0.263. The third-order valence-corrected chi connectivity index (χ3v) is 3.73. The first-order valence-corrected chi connectivity index (χ1v) is 8.37. The van der Waals surface area contributed by atoms with Gasteiger partial charge in [-0.2, -0.15) is 0 Å². The molecule has 0 saturated heterocycles. The Balaban J connectivity index is 2.20. The highest BCUT2D eigenvalue weighted by molar-refractivity contribution is 6.08. The van der Waals surface area contributed by atoms with Crippen LogP contribution in [-0.4, -0.2) is 37.5 Å². The van der Waals surface area contributed by atoms with Gasteiger partial charge in [-0.05, 0) is 36.8 Å². The molecule has 0 fully saturated rings. The number of carbonyl (C=O) groups excluding carboxylic acids is 2. The van der Waals surface area contributed by atoms with Gasteiger partial charge in [-0.3, -0.25) is 14.9 Å². The molecule has 2 rings (SSSR count). The van der Waals surface area contributed by atoms with Crippen molar-refractivity contribution in [1.29, 1.82) is 0 Å². The number of nitrogens with zero attached hydrogens (tertiary/aromatic N) is 2. The van der Waals surface area contributed by atoms with Gasteiger partial charge in [-0.25, -0.2) is 4.79 Å². The Bertz CT molecular complexity index is 847. The lowest BCUT2D eigenvalue weighted by Crippen LogP contribution is -2.19. The van der Waals surface area contributed by atoms with Gasteiger partial charge in [0.05, 0.1) is 22.7 Å². The van der Waals surface area contributed by atoms with Crippen molar-refractivity contribution in [2.45, 2.75) is 13.3 Å². The highest BCUT2D eigenvalue weighted by Crippen LogP contribution is 2.25. The van der Waals surface area contributed by atoms with Crippen molar-refractivity contribution in [3.05, 3.63) is 63.7 Å². The lowest BCUT2D eigenvalue weighted by Gasteiger charge is -2.17. The van der Waals surface area contributed by atoms with Gasteiger partial charge in [0.2, 0.25) is 0 Å². The number of carbonyl (C=O) groups is 2. The fourth-order valence-electron chi connectivity index (χ4n) is 2.38. The van der Waals surface area contributed by atoms with E-state index in [-0.39, 0.29) is 11.3 Å². The number of rotatable bonds is 7. The van der Waals surface area contributed by atoms with E-state index in [9.17, 15) is 19.7 Å². The van der Waals surface area contributed by atoms with Crippen molar-refractivity contribution in [2.24, 2.45) is 0 Å². The number of hydrogen-bond donors (Lipinski definition) is 1. The second kappa shape index (κ2) is 8.79. The highest BCUT2D eigenvalue weighted by Gasteiger charge is 2.18. The van der Waals surface area contributed by atoms with E-state index in [1.807, 2.05) is 6.92 Å². The zero-order valence-corrected chi connectivity index (χ0v) is 15.4. The molecule has 2 aromatic carbocycles. The van der Waals surface area contributed by atoms with Crippen LogP contribution in [0.15, 0.2) is 42.5 Å². The van der Waals surface area contributed by atoms with E-state index >= 15 is 0 Å². The predicted octanol–water partition coefficient (Wildman–Crippen LogP) is 3.48. The van der Waals surface area contributed by atoms with E-state index in [1.54, 1.807) is 43.3 Å². The zero-order valence-electron chi connectivity index (χ0n) is 15.4. The first kappa shape index (κ1) is 19.9. The van der Waals surface area contributed by atoms with Crippen molar-refractivity contribution in [3.8, 4) is 0 Å². The second-order valence-corrected chi connectivity index (χ2v) is 6.02. The Kier molecular flexibility index (Phi) is 6.48. The van der Waals surface area contributed by atoms with Crippen LogP contribution in [-0.2, 0) is 4.74 Å². The molecule has 27 heavy (non-hydrogen) atoms. The molecule has 8 heteroatoms. The number of hydrogen-bond acceptors (Lipinski definition) is 6. The summed E-state index contributed by atoms with van der Waals surface area (Å²) in [6, 6.07) is 10.4. The van der Waals surface area contributed by atoms with Gasteiger partial charge >= 0.3 is 5.97 Å². The number of benzene rings is 2. The van der Waals surface area contributed by atoms with E-state index in [4.69, 9.17) is 4.74 Å². The van der Waals surface area contributed by atoms with Crippen LogP contribution in [0.1, 0.15) is 34.1 Å². The van der Waals surface area contributed by atoms with Gasteiger partial charge in [0.1, 0.15) is 0 Å². The summed E-state index contributed by atoms with van der Waals surface area (Å²) in [7, 11) is 3.49. The van der Waals surface area contributed by atoms with Crippen LogP contribution in [0.2, 0.25) is 0 Å². The molecule has 8 nitrogen and oxygen atoms in total. The van der Waals surface area contributed by atoms with Gasteiger partial charge in [-0.1, -0.05) is 6.92 Å². The van der Waals surface area contributed by atoms with E-state index in [0.29, 0.717) is 23.5 Å². The van der Waals surface area contributed by atoms with Crippen LogP contribution in [0.5, 0.6) is 0 Å². The quantitative estimate of drug-likeness (QED) is 0.454. The minimum absolute atomic E-state index is 0.167. The van der Waals surface area contributed by atoms with E-state index in [1.165, 1.54) is 18.2 Å². The van der Waals surface area contributed by atoms with Gasteiger partial charge < -0.3 is 15.0 Å². The van der Waals surface area contributed by atoms with Crippen LogP contribution in [0, 0.1) is 10.1 Å². The standard InChI is InChI=1S/C19H21N3O5/c1-4-11-27-19(24)13-5-7-14(8-6-13)20-18(23)16-12-15(22(25)26)9-10-17(16)21(2)3/h5-10,12H,4,11H2,1-3H3,(H,20,23). The first-order chi connectivity index (χ1) is 12.8. The maximum Gasteiger partial charge on any atom is 0.338 e. The molecule has 0 unspecified atom stereocenters. The Labute approximate surface area is 156 Å². The number of ether oxygens (including phenoxy) is 1. The van der Waals surface area contributed by atoms with Crippen molar-refractivity contribution >= 4 is 28.9 Å². The van der Waals surface area contributed by atoms with Crippen molar-refractivity contribution in [1.82, 2.24) is 0 Å². The monoisotopic (exact) mass is 371 g/mol. The number of nitro groups is 1. The molecule has 0 aliphatic carbocycles. The largest absolute Gasteiger partial charge is 0.462 e. The summed E-state index contributed by atoms with van der Waals surface area (Å²) in [6.45, 7) is 2.25. The van der Waals surface area contributed by atoms with Crippen molar-refractivity contribution in [2.75, 3.05) is 30.9 Å². The summed E-state index contributed by atoms with van der Waals surface area (Å²) < 4.78 is 5.05. The number of anilines is 2. The van der Waals surface area contributed by atoms with Crippen LogP contribution < -0.4 is 10.2 Å². The zero-order chi connectivity index (χ0) is 20.0. The summed E-state index contributed by atoms with van der Waals surface area (Å²) in [5, 5.41) is 13.7. The van der Waals surface area contributed by atoms with Crippen LogP contribution in [0.25, 0.3) is 0 Å². The van der Waals surface area contributed by atoms with Crippen LogP contribution in [0.3, 0.4) is 0 Å². The fourth-order valence-corrected chi connectivity index (χ4v) is 2.38. The molecule has 1 N–H and O–H groups in total.